The van der Waals surface area contributed by atoms with Crippen LogP contribution in [-0.2, 0) is 6.61 Å². The van der Waals surface area contributed by atoms with Gasteiger partial charge in [-0.25, -0.2) is 4.39 Å². The minimum atomic E-state index is -2.91. The molecule has 126 valence electrons. The molecule has 0 saturated heterocycles. The molecule has 0 spiro atoms. The van der Waals surface area contributed by atoms with E-state index in [0.717, 1.165) is 6.07 Å². The summed E-state index contributed by atoms with van der Waals surface area (Å²) >= 11 is 0. The third-order valence-corrected chi connectivity index (χ3v) is 3.16. The normalized spacial score (nSPS) is 10.7. The summed E-state index contributed by atoms with van der Waals surface area (Å²) in [6.45, 7) is -0.211. The second kappa shape index (κ2) is 7.00. The van der Waals surface area contributed by atoms with Crippen LogP contribution in [0.25, 0.3) is 11.5 Å². The van der Waals surface area contributed by atoms with Crippen molar-refractivity contribution < 1.29 is 22.3 Å². The number of alkyl halides is 2. The summed E-state index contributed by atoms with van der Waals surface area (Å²) in [7, 11) is 0. The van der Waals surface area contributed by atoms with Crippen molar-refractivity contribution in [2.24, 2.45) is 0 Å². The number of para-hydroxylation sites is 1. The van der Waals surface area contributed by atoms with Crippen LogP contribution in [-0.4, -0.2) is 15.2 Å². The summed E-state index contributed by atoms with van der Waals surface area (Å²) in [5.74, 6) is -1.54. The van der Waals surface area contributed by atoms with E-state index in [-0.39, 0.29) is 23.8 Å². The first-order chi connectivity index (χ1) is 12.1. The van der Waals surface area contributed by atoms with E-state index < -0.39 is 18.1 Å². The first-order valence-electron chi connectivity index (χ1n) is 6.96. The van der Waals surface area contributed by atoms with Gasteiger partial charge in [-0.3, -0.25) is 4.98 Å². The van der Waals surface area contributed by atoms with Crippen molar-refractivity contribution in [1.82, 2.24) is 15.2 Å². The maximum atomic E-state index is 14.1. The number of ether oxygens (including phenoxy) is 1. The lowest BCUT2D eigenvalue weighted by atomic mass is 10.2. The van der Waals surface area contributed by atoms with Gasteiger partial charge in [0.1, 0.15) is 29.9 Å². The van der Waals surface area contributed by atoms with Crippen LogP contribution in [0.4, 0.5) is 13.2 Å². The lowest BCUT2D eigenvalue weighted by molar-refractivity contribution is 0.116. The monoisotopic (exact) mass is 346 g/mol. The predicted molar refractivity (Wildman–Crippen MR) is 77.9 cm³/mol. The minimum Gasteiger partial charge on any atom is -0.486 e. The van der Waals surface area contributed by atoms with E-state index in [4.69, 9.17) is 14.4 Å². The molecule has 0 amide bonds. The lowest BCUT2D eigenvalue weighted by Gasteiger charge is -2.08. The molecule has 0 aliphatic heterocycles. The summed E-state index contributed by atoms with van der Waals surface area (Å²) in [4.78, 5) is 3.88. The molecule has 0 aliphatic carbocycles. The molecule has 25 heavy (non-hydrogen) atoms. The molecule has 2 aromatic heterocycles. The molecule has 0 aliphatic rings. The maximum absolute atomic E-state index is 14.1. The van der Waals surface area contributed by atoms with E-state index in [0.29, 0.717) is 11.3 Å². The Morgan fingerprint density at radius 3 is 2.72 bits per heavy atom. The highest BCUT2D eigenvalue weighted by atomic mass is 19.3. The number of pyridine rings is 1. The topological polar surface area (TPSA) is 84.8 Å². The molecule has 3 aromatic rings. The quantitative estimate of drug-likeness (QED) is 0.701. The molecular formula is C16H9F3N4O2. The highest BCUT2D eigenvalue weighted by Crippen LogP contribution is 2.24. The van der Waals surface area contributed by atoms with Crippen LogP contribution in [0.1, 0.15) is 23.6 Å². The van der Waals surface area contributed by atoms with Crippen molar-refractivity contribution in [3.05, 3.63) is 59.5 Å². The van der Waals surface area contributed by atoms with Crippen molar-refractivity contribution in [1.29, 1.82) is 5.26 Å². The van der Waals surface area contributed by atoms with Gasteiger partial charge in [-0.05, 0) is 18.2 Å². The largest absolute Gasteiger partial charge is 0.486 e. The van der Waals surface area contributed by atoms with Crippen molar-refractivity contribution >= 4 is 0 Å². The van der Waals surface area contributed by atoms with Crippen LogP contribution in [0.2, 0.25) is 0 Å². The van der Waals surface area contributed by atoms with Gasteiger partial charge in [0.25, 0.3) is 5.89 Å². The van der Waals surface area contributed by atoms with E-state index in [2.05, 4.69) is 15.2 Å². The summed E-state index contributed by atoms with van der Waals surface area (Å²) in [5, 5.41) is 15.6. The Morgan fingerprint density at radius 2 is 2.04 bits per heavy atom. The SMILES string of the molecule is N#Cc1ccccc1OCc1ncc(-c2nnc(C(F)F)o2)cc1F. The van der Waals surface area contributed by atoms with E-state index in [9.17, 15) is 13.2 Å². The third-order valence-electron chi connectivity index (χ3n) is 3.16. The van der Waals surface area contributed by atoms with Gasteiger partial charge in [0.2, 0.25) is 5.89 Å². The van der Waals surface area contributed by atoms with Gasteiger partial charge in [-0.2, -0.15) is 14.0 Å². The fourth-order valence-electron chi connectivity index (χ4n) is 1.96. The van der Waals surface area contributed by atoms with Gasteiger partial charge in [0.05, 0.1) is 11.1 Å². The fraction of sp³-hybridized carbons (Fsp3) is 0.125. The summed E-state index contributed by atoms with van der Waals surface area (Å²) in [6, 6.07) is 9.50. The van der Waals surface area contributed by atoms with Crippen LogP contribution >= 0.6 is 0 Å². The second-order valence-corrected chi connectivity index (χ2v) is 4.80. The van der Waals surface area contributed by atoms with Gasteiger partial charge in [-0.15, -0.1) is 10.2 Å². The van der Waals surface area contributed by atoms with Crippen molar-refractivity contribution in [2.45, 2.75) is 13.0 Å². The summed E-state index contributed by atoms with van der Waals surface area (Å²) in [6.07, 6.45) is -1.70. The number of halogens is 3. The summed E-state index contributed by atoms with van der Waals surface area (Å²) < 4.78 is 49.2. The van der Waals surface area contributed by atoms with Crippen molar-refractivity contribution in [2.75, 3.05) is 0 Å². The Labute approximate surface area is 139 Å². The first-order valence-corrected chi connectivity index (χ1v) is 6.96. The molecule has 1 aromatic carbocycles. The summed E-state index contributed by atoms with van der Waals surface area (Å²) in [5.41, 5.74) is 0.355. The Bertz CT molecular complexity index is 937. The molecule has 0 N–H and O–H groups in total. The van der Waals surface area contributed by atoms with Crippen LogP contribution in [0.3, 0.4) is 0 Å². The molecule has 0 fully saturated rings. The smallest absolute Gasteiger partial charge is 0.314 e. The molecule has 9 heteroatoms. The number of nitriles is 1. The van der Waals surface area contributed by atoms with Gasteiger partial charge in [0.15, 0.2) is 0 Å². The maximum Gasteiger partial charge on any atom is 0.314 e. The molecule has 0 unspecified atom stereocenters. The van der Waals surface area contributed by atoms with Crippen LogP contribution < -0.4 is 4.74 Å². The Balaban J connectivity index is 1.77. The van der Waals surface area contributed by atoms with Crippen LogP contribution in [0, 0.1) is 17.1 Å². The second-order valence-electron chi connectivity index (χ2n) is 4.80. The zero-order valence-electron chi connectivity index (χ0n) is 12.5. The van der Waals surface area contributed by atoms with Crippen molar-refractivity contribution in [3.8, 4) is 23.3 Å². The zero-order chi connectivity index (χ0) is 17.8. The lowest BCUT2D eigenvalue weighted by Crippen LogP contribution is -2.03. The number of nitrogens with zero attached hydrogens (tertiary/aromatic N) is 4. The fourth-order valence-corrected chi connectivity index (χ4v) is 1.96. The minimum absolute atomic E-state index is 0.0231. The Kier molecular flexibility index (Phi) is 4.61. The average molecular weight is 346 g/mol. The standard InChI is InChI=1S/C16H9F3N4O2/c17-11-5-10(15-22-23-16(25-15)14(18)19)7-21-12(11)8-24-13-4-2-1-3-9(13)6-20/h1-5,7,14H,8H2. The number of hydrogen-bond acceptors (Lipinski definition) is 6. The predicted octanol–water partition coefficient (Wildman–Crippen LogP) is 3.66. The van der Waals surface area contributed by atoms with Gasteiger partial charge >= 0.3 is 6.43 Å². The highest BCUT2D eigenvalue weighted by molar-refractivity contribution is 5.51. The molecule has 0 atom stereocenters. The first kappa shape index (κ1) is 16.4. The zero-order valence-corrected chi connectivity index (χ0v) is 12.5. The number of rotatable bonds is 5. The van der Waals surface area contributed by atoms with Gasteiger partial charge < -0.3 is 9.15 Å². The van der Waals surface area contributed by atoms with E-state index in [1.807, 2.05) is 6.07 Å². The Hall–Kier alpha value is -3.41. The van der Waals surface area contributed by atoms with E-state index in [1.165, 1.54) is 6.20 Å². The number of aromatic nitrogens is 3. The van der Waals surface area contributed by atoms with Gasteiger partial charge in [-0.1, -0.05) is 12.1 Å². The molecule has 2 heterocycles. The van der Waals surface area contributed by atoms with Gasteiger partial charge in [0, 0.05) is 6.20 Å². The van der Waals surface area contributed by atoms with E-state index in [1.54, 1.807) is 24.3 Å². The molecule has 0 saturated carbocycles. The highest BCUT2D eigenvalue weighted by Gasteiger charge is 2.18. The molecule has 6 nitrogen and oxygen atoms in total. The number of hydrogen-bond donors (Lipinski definition) is 0. The Morgan fingerprint density at radius 1 is 1.24 bits per heavy atom. The molecule has 0 bridgehead atoms. The molecule has 3 rings (SSSR count). The average Bonchev–Trinajstić information content (AvgIpc) is 3.11. The molecular weight excluding hydrogens is 337 g/mol. The van der Waals surface area contributed by atoms with Crippen molar-refractivity contribution in [3.63, 3.8) is 0 Å². The number of benzene rings is 1. The molecule has 0 radical (unpaired) electrons. The van der Waals surface area contributed by atoms with Crippen LogP contribution in [0.15, 0.2) is 40.9 Å². The third kappa shape index (κ3) is 3.58. The van der Waals surface area contributed by atoms with Crippen LogP contribution in [0.5, 0.6) is 5.75 Å². The van der Waals surface area contributed by atoms with E-state index >= 15 is 0 Å².